The maximum absolute atomic E-state index is 4.83. The lowest BCUT2D eigenvalue weighted by atomic mass is 9.83. The van der Waals surface area contributed by atoms with E-state index in [4.69, 9.17) is 4.98 Å². The van der Waals surface area contributed by atoms with Crippen LogP contribution in [0.5, 0.6) is 0 Å². The number of allylic oxidation sites excluding steroid dienone is 4. The molecule has 0 aliphatic heterocycles. The number of pyridine rings is 1. The molecular weight excluding hydrogens is 579 g/mol. The summed E-state index contributed by atoms with van der Waals surface area (Å²) in [6.07, 6.45) is 7.67. The third-order valence-corrected chi connectivity index (χ3v) is 10.2. The summed E-state index contributed by atoms with van der Waals surface area (Å²) in [7, 11) is 0. The van der Waals surface area contributed by atoms with E-state index < -0.39 is 0 Å². The average Bonchev–Trinajstić information content (AvgIpc) is 3.34. The van der Waals surface area contributed by atoms with Gasteiger partial charge in [0.2, 0.25) is 0 Å². The Labute approximate surface area is 281 Å². The van der Waals surface area contributed by atoms with Gasteiger partial charge in [0, 0.05) is 11.8 Å². The molecule has 228 valence electrons. The van der Waals surface area contributed by atoms with Crippen molar-refractivity contribution >= 4 is 54.2 Å². The van der Waals surface area contributed by atoms with Gasteiger partial charge in [-0.1, -0.05) is 139 Å². The van der Waals surface area contributed by atoms with E-state index in [1.54, 1.807) is 0 Å². The van der Waals surface area contributed by atoms with Crippen molar-refractivity contribution in [3.63, 3.8) is 0 Å². The molecule has 0 bridgehead atoms. The molecular formula is C47H35N. The summed E-state index contributed by atoms with van der Waals surface area (Å²) < 4.78 is 0. The van der Waals surface area contributed by atoms with Gasteiger partial charge < -0.3 is 0 Å². The van der Waals surface area contributed by atoms with Crippen molar-refractivity contribution in [3.05, 3.63) is 175 Å². The summed E-state index contributed by atoms with van der Waals surface area (Å²) in [6.45, 7) is 2.29. The highest BCUT2D eigenvalue weighted by Gasteiger charge is 2.21. The van der Waals surface area contributed by atoms with Crippen LogP contribution < -0.4 is 0 Å². The lowest BCUT2D eigenvalue weighted by molar-refractivity contribution is 0.842. The van der Waals surface area contributed by atoms with Gasteiger partial charge in [0.1, 0.15) is 0 Å². The van der Waals surface area contributed by atoms with Crippen molar-refractivity contribution in [1.29, 1.82) is 0 Å². The maximum Gasteiger partial charge on any atom is 0.0707 e. The lowest BCUT2D eigenvalue weighted by Crippen LogP contribution is -1.97. The summed E-state index contributed by atoms with van der Waals surface area (Å²) >= 11 is 0. The molecule has 0 saturated carbocycles. The van der Waals surface area contributed by atoms with E-state index >= 15 is 0 Å². The standard InChI is InChI=1S/C47H35N/c1-31-14-2-5-17-38(45(31)44-26-10-11-29-48-44)36-23-12-24-37-35(36)22-13-25-39(37)47-42-20-8-6-18-40(42)46(41-19-7-9-21-43(41)47)34-28-27-32-15-3-4-16-33(32)30-34/h3-4,6-13,15-30H,2,5,14H2,1H3. The fourth-order valence-corrected chi connectivity index (χ4v) is 8.02. The third kappa shape index (κ3) is 4.66. The Morgan fingerprint density at radius 2 is 1.10 bits per heavy atom. The highest BCUT2D eigenvalue weighted by atomic mass is 14.7. The van der Waals surface area contributed by atoms with Crippen LogP contribution in [0.3, 0.4) is 0 Å². The molecule has 0 atom stereocenters. The summed E-state index contributed by atoms with van der Waals surface area (Å²) in [6, 6.07) is 53.5. The Morgan fingerprint density at radius 1 is 0.500 bits per heavy atom. The fourth-order valence-electron chi connectivity index (χ4n) is 8.02. The Balaban J connectivity index is 1.32. The minimum atomic E-state index is 1.05. The fraction of sp³-hybridized carbons (Fsp3) is 0.0851. The second kappa shape index (κ2) is 11.8. The van der Waals surface area contributed by atoms with E-state index in [-0.39, 0.29) is 0 Å². The molecule has 1 nitrogen and oxygen atoms in total. The number of fused-ring (bicyclic) bond motifs is 4. The van der Waals surface area contributed by atoms with E-state index in [0.717, 1.165) is 25.0 Å². The van der Waals surface area contributed by atoms with Crippen molar-refractivity contribution < 1.29 is 0 Å². The first-order valence-corrected chi connectivity index (χ1v) is 17.0. The number of benzene rings is 7. The van der Waals surface area contributed by atoms with Crippen LogP contribution in [-0.2, 0) is 0 Å². The first-order chi connectivity index (χ1) is 23.8. The molecule has 9 rings (SSSR count). The second-order valence-electron chi connectivity index (χ2n) is 13.0. The van der Waals surface area contributed by atoms with Gasteiger partial charge in [0.25, 0.3) is 0 Å². The van der Waals surface area contributed by atoms with Gasteiger partial charge in [-0.25, -0.2) is 0 Å². The van der Waals surface area contributed by atoms with Crippen LogP contribution in [0.1, 0.15) is 37.4 Å². The Morgan fingerprint density at radius 3 is 1.81 bits per heavy atom. The van der Waals surface area contributed by atoms with Crippen LogP contribution in [0.15, 0.2) is 163 Å². The lowest BCUT2D eigenvalue weighted by Gasteiger charge is -2.20. The van der Waals surface area contributed by atoms with Crippen molar-refractivity contribution in [2.75, 3.05) is 0 Å². The van der Waals surface area contributed by atoms with Crippen molar-refractivity contribution in [1.82, 2.24) is 4.98 Å². The predicted molar refractivity (Wildman–Crippen MR) is 206 cm³/mol. The van der Waals surface area contributed by atoms with E-state index in [1.165, 1.54) is 87.6 Å². The van der Waals surface area contributed by atoms with E-state index in [1.807, 2.05) is 12.3 Å². The molecule has 7 aromatic carbocycles. The molecule has 0 radical (unpaired) electrons. The molecule has 0 N–H and O–H groups in total. The zero-order valence-electron chi connectivity index (χ0n) is 27.1. The molecule has 0 unspecified atom stereocenters. The zero-order chi connectivity index (χ0) is 32.0. The zero-order valence-corrected chi connectivity index (χ0v) is 27.1. The molecule has 0 amide bonds. The first-order valence-electron chi connectivity index (χ1n) is 17.0. The van der Waals surface area contributed by atoms with Crippen molar-refractivity contribution in [3.8, 4) is 22.3 Å². The van der Waals surface area contributed by atoms with Crippen LogP contribution in [-0.4, -0.2) is 4.98 Å². The predicted octanol–water partition coefficient (Wildman–Crippen LogP) is 13.1. The monoisotopic (exact) mass is 613 g/mol. The van der Waals surface area contributed by atoms with Gasteiger partial charge in [-0.3, -0.25) is 4.98 Å². The highest BCUT2D eigenvalue weighted by Crippen LogP contribution is 2.47. The molecule has 1 heterocycles. The smallest absolute Gasteiger partial charge is 0.0707 e. The largest absolute Gasteiger partial charge is 0.256 e. The Bertz CT molecular complexity index is 2530. The van der Waals surface area contributed by atoms with Gasteiger partial charge in [0.15, 0.2) is 0 Å². The first kappa shape index (κ1) is 28.4. The van der Waals surface area contributed by atoms with Gasteiger partial charge in [0.05, 0.1) is 5.69 Å². The third-order valence-electron chi connectivity index (χ3n) is 10.2. The van der Waals surface area contributed by atoms with Gasteiger partial charge >= 0.3 is 0 Å². The topological polar surface area (TPSA) is 12.9 Å². The summed E-state index contributed by atoms with van der Waals surface area (Å²) in [5, 5.41) is 10.2. The number of hydrogen-bond acceptors (Lipinski definition) is 1. The van der Waals surface area contributed by atoms with Crippen molar-refractivity contribution in [2.24, 2.45) is 0 Å². The molecule has 48 heavy (non-hydrogen) atoms. The minimum absolute atomic E-state index is 1.05. The minimum Gasteiger partial charge on any atom is -0.256 e. The van der Waals surface area contributed by atoms with Gasteiger partial charge in [-0.05, 0) is 121 Å². The SMILES string of the molecule is CC1=C(c2ccccn2)C(c2cccc3c(-c4c5ccccc5c(-c5ccc6ccccc6c5)c5ccccc45)cccc23)=CCCC1. The number of aromatic nitrogens is 1. The molecule has 0 spiro atoms. The summed E-state index contributed by atoms with van der Waals surface area (Å²) in [4.78, 5) is 4.83. The number of hydrogen-bond donors (Lipinski definition) is 0. The molecule has 1 aromatic heterocycles. The maximum atomic E-state index is 4.83. The van der Waals surface area contributed by atoms with Crippen LogP contribution in [0.2, 0.25) is 0 Å². The normalized spacial score (nSPS) is 13.7. The Kier molecular flexibility index (Phi) is 6.98. The molecule has 0 saturated heterocycles. The molecule has 1 aliphatic carbocycles. The van der Waals surface area contributed by atoms with Crippen LogP contribution >= 0.6 is 0 Å². The molecule has 1 aliphatic rings. The van der Waals surface area contributed by atoms with E-state index in [2.05, 4.69) is 153 Å². The second-order valence-corrected chi connectivity index (χ2v) is 13.0. The highest BCUT2D eigenvalue weighted by molar-refractivity contribution is 6.24. The molecule has 1 heteroatoms. The van der Waals surface area contributed by atoms with Crippen molar-refractivity contribution in [2.45, 2.75) is 26.2 Å². The quantitative estimate of drug-likeness (QED) is 0.180. The summed E-state index contributed by atoms with van der Waals surface area (Å²) in [5.41, 5.74) is 11.4. The Hall–Kier alpha value is -5.79. The molecule has 8 aromatic rings. The van der Waals surface area contributed by atoms with Gasteiger partial charge in [-0.2, -0.15) is 0 Å². The van der Waals surface area contributed by atoms with Gasteiger partial charge in [-0.15, -0.1) is 0 Å². The average molecular weight is 614 g/mol. The number of rotatable bonds is 4. The molecule has 0 fully saturated rings. The van der Waals surface area contributed by atoms with Crippen LogP contribution in [0, 0.1) is 0 Å². The van der Waals surface area contributed by atoms with E-state index in [9.17, 15) is 0 Å². The van der Waals surface area contributed by atoms with E-state index in [0.29, 0.717) is 0 Å². The van der Waals surface area contributed by atoms with Crippen LogP contribution in [0.25, 0.3) is 76.5 Å². The number of nitrogens with zero attached hydrogens (tertiary/aromatic N) is 1. The summed E-state index contributed by atoms with van der Waals surface area (Å²) in [5.74, 6) is 0. The van der Waals surface area contributed by atoms with Crippen LogP contribution in [0.4, 0.5) is 0 Å².